The zero-order valence-electron chi connectivity index (χ0n) is 17.3. The number of anilines is 2. The summed E-state index contributed by atoms with van der Waals surface area (Å²) in [5, 5.41) is 0.505. The average Bonchev–Trinajstić information content (AvgIpc) is 3.33. The smallest absolute Gasteiger partial charge is 0.255 e. The molecule has 0 atom stereocenters. The molecule has 5 rings (SSSR count). The summed E-state index contributed by atoms with van der Waals surface area (Å²) in [4.78, 5) is 29.8. The molecule has 0 unspecified atom stereocenters. The number of amides is 1. The summed E-state index contributed by atoms with van der Waals surface area (Å²) >= 11 is 6.30. The third-order valence-corrected chi connectivity index (χ3v) is 6.79. The van der Waals surface area contributed by atoms with Crippen LogP contribution in [0.25, 0.3) is 0 Å². The topological polar surface area (TPSA) is 52.6 Å². The van der Waals surface area contributed by atoms with E-state index in [0.29, 0.717) is 23.7 Å². The zero-order chi connectivity index (χ0) is 20.5. The fourth-order valence-electron chi connectivity index (χ4n) is 4.79. The first kappa shape index (κ1) is 19.6. The Morgan fingerprint density at radius 1 is 0.867 bits per heavy atom. The molecule has 3 aliphatic rings. The Kier molecular flexibility index (Phi) is 5.50. The lowest BCUT2D eigenvalue weighted by molar-refractivity contribution is 0.0734. The first-order valence-electron chi connectivity index (χ1n) is 11.1. The van der Waals surface area contributed by atoms with E-state index in [-0.39, 0.29) is 5.91 Å². The Balaban J connectivity index is 1.49. The minimum absolute atomic E-state index is 0.0144. The number of hydrogen-bond acceptors (Lipinski definition) is 5. The van der Waals surface area contributed by atoms with Gasteiger partial charge in [0.1, 0.15) is 5.82 Å². The van der Waals surface area contributed by atoms with Crippen molar-refractivity contribution in [3.8, 4) is 0 Å². The molecule has 1 aromatic heterocycles. The minimum atomic E-state index is -0.0144. The van der Waals surface area contributed by atoms with Crippen molar-refractivity contribution in [1.29, 1.82) is 0 Å². The first-order chi connectivity index (χ1) is 14.7. The van der Waals surface area contributed by atoms with Crippen LogP contribution in [0, 0.1) is 0 Å². The van der Waals surface area contributed by atoms with E-state index >= 15 is 0 Å². The highest BCUT2D eigenvalue weighted by molar-refractivity contribution is 6.33. The Morgan fingerprint density at radius 2 is 1.57 bits per heavy atom. The van der Waals surface area contributed by atoms with Crippen LogP contribution < -0.4 is 9.80 Å². The van der Waals surface area contributed by atoms with E-state index in [9.17, 15) is 4.79 Å². The van der Waals surface area contributed by atoms with Crippen LogP contribution in [0.4, 0.5) is 11.8 Å². The van der Waals surface area contributed by atoms with E-state index in [1.54, 1.807) is 12.1 Å². The normalized spacial score (nSPS) is 19.2. The number of hydrogen-bond donors (Lipinski definition) is 0. The van der Waals surface area contributed by atoms with Gasteiger partial charge in [-0.2, -0.15) is 4.98 Å². The van der Waals surface area contributed by atoms with Gasteiger partial charge in [-0.3, -0.25) is 4.79 Å². The second-order valence-electron chi connectivity index (χ2n) is 8.47. The summed E-state index contributed by atoms with van der Waals surface area (Å²) < 4.78 is 0. The Hall–Kier alpha value is -2.34. The van der Waals surface area contributed by atoms with Gasteiger partial charge in [0.25, 0.3) is 5.91 Å². The molecule has 158 valence electrons. The maximum Gasteiger partial charge on any atom is 0.255 e. The average molecular weight is 426 g/mol. The molecule has 0 saturated carbocycles. The van der Waals surface area contributed by atoms with Crippen LogP contribution in [0.1, 0.15) is 53.7 Å². The SMILES string of the molecule is O=C(c1ccccc1Cl)N1CCc2nc(N3CCCC3)nc(N3CCCCC3)c2C1. The minimum Gasteiger partial charge on any atom is -0.356 e. The van der Waals surface area contributed by atoms with Crippen molar-refractivity contribution < 1.29 is 4.79 Å². The van der Waals surface area contributed by atoms with Crippen molar-refractivity contribution in [2.24, 2.45) is 0 Å². The summed E-state index contributed by atoms with van der Waals surface area (Å²) in [6.07, 6.45) is 6.84. The Labute approximate surface area is 182 Å². The largest absolute Gasteiger partial charge is 0.356 e. The van der Waals surface area contributed by atoms with E-state index in [2.05, 4.69) is 9.80 Å². The monoisotopic (exact) mass is 425 g/mol. The van der Waals surface area contributed by atoms with Gasteiger partial charge >= 0.3 is 0 Å². The van der Waals surface area contributed by atoms with Crippen LogP contribution >= 0.6 is 11.6 Å². The lowest BCUT2D eigenvalue weighted by atomic mass is 10.0. The number of benzene rings is 1. The summed E-state index contributed by atoms with van der Waals surface area (Å²) in [6.45, 7) is 5.34. The molecule has 2 fully saturated rings. The van der Waals surface area contributed by atoms with Crippen LogP contribution in [0.15, 0.2) is 24.3 Å². The quantitative estimate of drug-likeness (QED) is 0.746. The van der Waals surface area contributed by atoms with E-state index in [0.717, 1.165) is 55.6 Å². The molecule has 0 radical (unpaired) electrons. The van der Waals surface area contributed by atoms with Gasteiger partial charge < -0.3 is 14.7 Å². The molecule has 7 heteroatoms. The molecule has 1 aromatic carbocycles. The molecule has 0 spiro atoms. The highest BCUT2D eigenvalue weighted by atomic mass is 35.5. The third-order valence-electron chi connectivity index (χ3n) is 6.46. The number of aromatic nitrogens is 2. The molecule has 30 heavy (non-hydrogen) atoms. The Morgan fingerprint density at radius 3 is 2.33 bits per heavy atom. The van der Waals surface area contributed by atoms with Crippen LogP contribution in [-0.4, -0.2) is 53.5 Å². The number of carbonyl (C=O) groups excluding carboxylic acids is 1. The van der Waals surface area contributed by atoms with Crippen molar-refractivity contribution in [1.82, 2.24) is 14.9 Å². The number of nitrogens with zero attached hydrogens (tertiary/aromatic N) is 5. The fraction of sp³-hybridized carbons (Fsp3) is 0.522. The van der Waals surface area contributed by atoms with E-state index in [1.165, 1.54) is 32.1 Å². The van der Waals surface area contributed by atoms with Gasteiger partial charge in [0.15, 0.2) is 0 Å². The Bertz CT molecular complexity index is 937. The molecular formula is C23H28ClN5O. The number of carbonyl (C=O) groups is 1. The van der Waals surface area contributed by atoms with Gasteiger partial charge in [-0.05, 0) is 44.2 Å². The lowest BCUT2D eigenvalue weighted by Crippen LogP contribution is -2.39. The summed E-state index contributed by atoms with van der Waals surface area (Å²) in [5.74, 6) is 1.90. The number of fused-ring (bicyclic) bond motifs is 1. The van der Waals surface area contributed by atoms with E-state index in [4.69, 9.17) is 21.6 Å². The molecule has 1 amide bonds. The van der Waals surface area contributed by atoms with Crippen molar-refractivity contribution in [2.45, 2.75) is 45.1 Å². The van der Waals surface area contributed by atoms with Gasteiger partial charge in [-0.1, -0.05) is 23.7 Å². The second-order valence-corrected chi connectivity index (χ2v) is 8.88. The first-order valence-corrected chi connectivity index (χ1v) is 11.5. The van der Waals surface area contributed by atoms with E-state index in [1.807, 2.05) is 17.0 Å². The molecule has 0 bridgehead atoms. The van der Waals surface area contributed by atoms with Crippen molar-refractivity contribution in [3.05, 3.63) is 46.1 Å². The van der Waals surface area contributed by atoms with Gasteiger partial charge in [0.05, 0.1) is 22.8 Å². The molecular weight excluding hydrogens is 398 g/mol. The van der Waals surface area contributed by atoms with Gasteiger partial charge in [-0.15, -0.1) is 0 Å². The van der Waals surface area contributed by atoms with Crippen LogP contribution in [0.2, 0.25) is 5.02 Å². The second kappa shape index (κ2) is 8.42. The highest BCUT2D eigenvalue weighted by Crippen LogP contribution is 2.32. The number of piperidine rings is 1. The molecule has 2 aromatic rings. The summed E-state index contributed by atoms with van der Waals surface area (Å²) in [7, 11) is 0. The zero-order valence-corrected chi connectivity index (χ0v) is 18.1. The molecule has 4 heterocycles. The standard InChI is InChI=1S/C23H28ClN5O/c24-19-9-3-2-8-17(19)22(30)29-15-10-20-18(16-29)21(27-11-4-1-5-12-27)26-23(25-20)28-13-6-7-14-28/h2-3,8-9H,1,4-7,10-16H2. The van der Waals surface area contributed by atoms with E-state index < -0.39 is 0 Å². The molecule has 6 nitrogen and oxygen atoms in total. The van der Waals surface area contributed by atoms with Crippen molar-refractivity contribution in [2.75, 3.05) is 42.5 Å². The predicted octanol–water partition coefficient (Wildman–Crippen LogP) is 3.92. The number of rotatable bonds is 3. The fourth-order valence-corrected chi connectivity index (χ4v) is 5.00. The lowest BCUT2D eigenvalue weighted by Gasteiger charge is -2.35. The third kappa shape index (κ3) is 3.73. The van der Waals surface area contributed by atoms with Crippen LogP contribution in [0.3, 0.4) is 0 Å². The number of halogens is 1. The summed E-state index contributed by atoms with van der Waals surface area (Å²) in [6, 6.07) is 7.30. The summed E-state index contributed by atoms with van der Waals surface area (Å²) in [5.41, 5.74) is 2.79. The predicted molar refractivity (Wildman–Crippen MR) is 119 cm³/mol. The molecule has 0 aliphatic carbocycles. The molecule has 3 aliphatic heterocycles. The van der Waals surface area contributed by atoms with Crippen LogP contribution in [0.5, 0.6) is 0 Å². The van der Waals surface area contributed by atoms with Gasteiger partial charge in [0, 0.05) is 44.7 Å². The van der Waals surface area contributed by atoms with Gasteiger partial charge in [-0.25, -0.2) is 4.98 Å². The maximum atomic E-state index is 13.2. The molecule has 2 saturated heterocycles. The van der Waals surface area contributed by atoms with Crippen molar-refractivity contribution >= 4 is 29.3 Å². The molecule has 0 N–H and O–H groups in total. The van der Waals surface area contributed by atoms with Crippen LogP contribution in [-0.2, 0) is 13.0 Å². The highest BCUT2D eigenvalue weighted by Gasteiger charge is 2.30. The van der Waals surface area contributed by atoms with Crippen molar-refractivity contribution in [3.63, 3.8) is 0 Å². The maximum absolute atomic E-state index is 13.2. The van der Waals surface area contributed by atoms with Gasteiger partial charge in [0.2, 0.25) is 5.95 Å².